The maximum atomic E-state index is 10.6. The first-order chi connectivity index (χ1) is 6.77. The molecule has 0 aromatic carbocycles. The zero-order valence-corrected chi connectivity index (χ0v) is 8.42. The van der Waals surface area contributed by atoms with Crippen molar-refractivity contribution in [2.24, 2.45) is 0 Å². The standard InChI is InChI=1S/C9H11NO3S/c11-9(12)7-4-8(13-10-7)6-2-1-3-14-5-6/h4,6H,1-3,5H2,(H,11,12). The largest absolute Gasteiger partial charge is 0.476 e. The predicted octanol–water partition coefficient (Wildman–Crippen LogP) is 1.98. The number of carboxylic acid groups (broad SMARTS) is 1. The number of thioether (sulfide) groups is 1. The summed E-state index contributed by atoms with van der Waals surface area (Å²) < 4.78 is 5.02. The van der Waals surface area contributed by atoms with Crippen LogP contribution >= 0.6 is 11.8 Å². The predicted molar refractivity (Wildman–Crippen MR) is 52.8 cm³/mol. The zero-order chi connectivity index (χ0) is 9.97. The highest BCUT2D eigenvalue weighted by molar-refractivity contribution is 7.99. The molecule has 1 aromatic heterocycles. The van der Waals surface area contributed by atoms with E-state index in [1.165, 1.54) is 12.2 Å². The van der Waals surface area contributed by atoms with Gasteiger partial charge in [0.25, 0.3) is 0 Å². The van der Waals surface area contributed by atoms with Crippen LogP contribution < -0.4 is 0 Å². The Morgan fingerprint density at radius 1 is 1.71 bits per heavy atom. The molecule has 1 atom stereocenters. The number of aromatic nitrogens is 1. The molecule has 1 aliphatic heterocycles. The van der Waals surface area contributed by atoms with Crippen LogP contribution in [0, 0.1) is 0 Å². The molecule has 2 heterocycles. The molecule has 0 radical (unpaired) electrons. The third-order valence-corrected chi connectivity index (χ3v) is 3.53. The fraction of sp³-hybridized carbons (Fsp3) is 0.556. The van der Waals surface area contributed by atoms with Crippen LogP contribution in [0.5, 0.6) is 0 Å². The van der Waals surface area contributed by atoms with Crippen LogP contribution in [0.15, 0.2) is 10.6 Å². The van der Waals surface area contributed by atoms with Crippen molar-refractivity contribution in [2.75, 3.05) is 11.5 Å². The molecule has 0 saturated carbocycles. The number of hydrogen-bond donors (Lipinski definition) is 1. The van der Waals surface area contributed by atoms with Gasteiger partial charge in [-0.2, -0.15) is 11.8 Å². The Hall–Kier alpha value is -0.970. The van der Waals surface area contributed by atoms with Crippen molar-refractivity contribution in [1.29, 1.82) is 0 Å². The van der Waals surface area contributed by atoms with Gasteiger partial charge in [0.2, 0.25) is 0 Å². The third kappa shape index (κ3) is 1.92. The van der Waals surface area contributed by atoms with Crippen LogP contribution in [0.4, 0.5) is 0 Å². The third-order valence-electron chi connectivity index (χ3n) is 2.31. The molecule has 2 rings (SSSR count). The van der Waals surface area contributed by atoms with Crippen LogP contribution in [0.2, 0.25) is 0 Å². The monoisotopic (exact) mass is 213 g/mol. The van der Waals surface area contributed by atoms with Crippen LogP contribution in [-0.2, 0) is 0 Å². The number of carboxylic acids is 1. The van der Waals surface area contributed by atoms with Gasteiger partial charge in [0.15, 0.2) is 5.69 Å². The quantitative estimate of drug-likeness (QED) is 0.813. The molecule has 1 N–H and O–H groups in total. The fourth-order valence-corrected chi connectivity index (χ4v) is 2.70. The summed E-state index contributed by atoms with van der Waals surface area (Å²) in [5, 5.41) is 12.2. The smallest absolute Gasteiger partial charge is 0.358 e. The van der Waals surface area contributed by atoms with Crippen molar-refractivity contribution in [3.63, 3.8) is 0 Å². The van der Waals surface area contributed by atoms with Crippen LogP contribution in [0.3, 0.4) is 0 Å². The highest BCUT2D eigenvalue weighted by Gasteiger charge is 2.21. The van der Waals surface area contributed by atoms with Gasteiger partial charge >= 0.3 is 5.97 Å². The van der Waals surface area contributed by atoms with Gasteiger partial charge in [0.1, 0.15) is 5.76 Å². The fourth-order valence-electron chi connectivity index (χ4n) is 1.55. The summed E-state index contributed by atoms with van der Waals surface area (Å²) in [5.74, 6) is 2.23. The molecule has 1 aliphatic rings. The Bertz CT molecular complexity index is 331. The van der Waals surface area contributed by atoms with Crippen LogP contribution in [-0.4, -0.2) is 27.7 Å². The Morgan fingerprint density at radius 2 is 2.57 bits per heavy atom. The van der Waals surface area contributed by atoms with E-state index in [4.69, 9.17) is 9.63 Å². The van der Waals surface area contributed by atoms with E-state index in [1.807, 2.05) is 11.8 Å². The molecule has 14 heavy (non-hydrogen) atoms. The molecule has 0 aliphatic carbocycles. The average Bonchev–Trinajstić information content (AvgIpc) is 2.68. The minimum atomic E-state index is -1.02. The highest BCUT2D eigenvalue weighted by atomic mass is 32.2. The van der Waals surface area contributed by atoms with E-state index in [-0.39, 0.29) is 5.69 Å². The summed E-state index contributed by atoms with van der Waals surface area (Å²) in [5.41, 5.74) is 0.00979. The molecule has 1 saturated heterocycles. The van der Waals surface area contributed by atoms with Crippen LogP contribution in [0.25, 0.3) is 0 Å². The van der Waals surface area contributed by atoms with Gasteiger partial charge in [-0.1, -0.05) is 5.16 Å². The Kier molecular flexibility index (Phi) is 2.77. The minimum Gasteiger partial charge on any atom is -0.476 e. The summed E-state index contributed by atoms with van der Waals surface area (Å²) in [6.07, 6.45) is 2.24. The molecule has 4 nitrogen and oxygen atoms in total. The van der Waals surface area contributed by atoms with Crippen molar-refractivity contribution in [1.82, 2.24) is 5.16 Å². The summed E-state index contributed by atoms with van der Waals surface area (Å²) in [4.78, 5) is 10.6. The van der Waals surface area contributed by atoms with E-state index in [1.54, 1.807) is 6.07 Å². The molecule has 0 amide bonds. The van der Waals surface area contributed by atoms with Gasteiger partial charge in [0.05, 0.1) is 0 Å². The molecule has 0 bridgehead atoms. The van der Waals surface area contributed by atoms with Gasteiger partial charge in [-0.15, -0.1) is 0 Å². The molecule has 0 spiro atoms. The van der Waals surface area contributed by atoms with Crippen molar-refractivity contribution in [3.8, 4) is 0 Å². The Morgan fingerprint density at radius 3 is 3.14 bits per heavy atom. The molecule has 1 unspecified atom stereocenters. The van der Waals surface area contributed by atoms with Gasteiger partial charge in [0, 0.05) is 17.7 Å². The Balaban J connectivity index is 2.11. The van der Waals surface area contributed by atoms with Crippen molar-refractivity contribution in [2.45, 2.75) is 18.8 Å². The molecular weight excluding hydrogens is 202 g/mol. The normalized spacial score (nSPS) is 22.1. The SMILES string of the molecule is O=C(O)c1cc(C2CCCSC2)on1. The minimum absolute atomic E-state index is 0.00979. The van der Waals surface area contributed by atoms with E-state index in [0.717, 1.165) is 17.9 Å². The zero-order valence-electron chi connectivity index (χ0n) is 7.60. The van der Waals surface area contributed by atoms with E-state index in [0.29, 0.717) is 5.92 Å². The summed E-state index contributed by atoms with van der Waals surface area (Å²) >= 11 is 1.88. The molecule has 1 aromatic rings. The second-order valence-corrected chi connectivity index (χ2v) is 4.48. The first-order valence-corrected chi connectivity index (χ1v) is 5.70. The van der Waals surface area contributed by atoms with Gasteiger partial charge in [-0.3, -0.25) is 0 Å². The summed E-state index contributed by atoms with van der Waals surface area (Å²) in [6, 6.07) is 1.54. The van der Waals surface area contributed by atoms with E-state index < -0.39 is 5.97 Å². The lowest BCUT2D eigenvalue weighted by Gasteiger charge is -2.17. The highest BCUT2D eigenvalue weighted by Crippen LogP contribution is 2.31. The second-order valence-electron chi connectivity index (χ2n) is 3.33. The second kappa shape index (κ2) is 4.04. The average molecular weight is 213 g/mol. The number of carbonyl (C=O) groups is 1. The molecule has 5 heteroatoms. The number of nitrogens with zero attached hydrogens (tertiary/aromatic N) is 1. The lowest BCUT2D eigenvalue weighted by Crippen LogP contribution is -2.07. The number of rotatable bonds is 2. The first-order valence-electron chi connectivity index (χ1n) is 4.55. The van der Waals surface area contributed by atoms with Crippen molar-refractivity contribution >= 4 is 17.7 Å². The van der Waals surface area contributed by atoms with E-state index in [9.17, 15) is 4.79 Å². The number of hydrogen-bond acceptors (Lipinski definition) is 4. The van der Waals surface area contributed by atoms with Crippen LogP contribution in [0.1, 0.15) is 35.0 Å². The molecular formula is C9H11NO3S. The van der Waals surface area contributed by atoms with Gasteiger partial charge in [-0.05, 0) is 18.6 Å². The van der Waals surface area contributed by atoms with Gasteiger partial charge in [-0.25, -0.2) is 4.79 Å². The number of aromatic carboxylic acids is 1. The maximum Gasteiger partial charge on any atom is 0.358 e. The lowest BCUT2D eigenvalue weighted by molar-refractivity contribution is 0.0685. The van der Waals surface area contributed by atoms with Gasteiger partial charge < -0.3 is 9.63 Å². The summed E-state index contributed by atoms with van der Waals surface area (Å²) in [6.45, 7) is 0. The first kappa shape index (κ1) is 9.58. The topological polar surface area (TPSA) is 63.3 Å². The molecule has 1 fully saturated rings. The van der Waals surface area contributed by atoms with E-state index in [2.05, 4.69) is 5.16 Å². The Labute approximate surface area is 85.7 Å². The summed E-state index contributed by atoms with van der Waals surface area (Å²) in [7, 11) is 0. The van der Waals surface area contributed by atoms with E-state index >= 15 is 0 Å². The lowest BCUT2D eigenvalue weighted by atomic mass is 10.0. The maximum absolute atomic E-state index is 10.6. The molecule has 76 valence electrons. The van der Waals surface area contributed by atoms with Crippen molar-refractivity contribution in [3.05, 3.63) is 17.5 Å². The van der Waals surface area contributed by atoms with Crippen molar-refractivity contribution < 1.29 is 14.4 Å².